The van der Waals surface area contributed by atoms with Gasteiger partial charge in [-0.2, -0.15) is 0 Å². The summed E-state index contributed by atoms with van der Waals surface area (Å²) in [5, 5.41) is 0. The Morgan fingerprint density at radius 1 is 1.39 bits per heavy atom. The predicted molar refractivity (Wildman–Crippen MR) is 70.1 cm³/mol. The second kappa shape index (κ2) is 4.95. The lowest BCUT2D eigenvalue weighted by molar-refractivity contribution is 0.425. The molecular formula is C12H19FN2O2S. The third kappa shape index (κ3) is 2.71. The van der Waals surface area contributed by atoms with Crippen molar-refractivity contribution < 1.29 is 12.8 Å². The Bertz CT molecular complexity index is 541. The molecule has 0 amide bonds. The normalized spacial score (nSPS) is 14.6. The van der Waals surface area contributed by atoms with E-state index in [9.17, 15) is 12.8 Å². The molecule has 0 radical (unpaired) electrons. The van der Waals surface area contributed by atoms with Crippen molar-refractivity contribution in [2.75, 3.05) is 6.26 Å². The van der Waals surface area contributed by atoms with Crippen molar-refractivity contribution in [1.29, 1.82) is 0 Å². The molecule has 0 fully saturated rings. The second-order valence-corrected chi connectivity index (χ2v) is 7.57. The number of hydrogen-bond acceptors (Lipinski definition) is 4. The number of hydrogen-bond donors (Lipinski definition) is 2. The summed E-state index contributed by atoms with van der Waals surface area (Å²) in [4.78, 5) is 0. The lowest BCUT2D eigenvalue weighted by atomic mass is 9.92. The van der Waals surface area contributed by atoms with Crippen molar-refractivity contribution >= 4 is 9.84 Å². The standard InChI is InChI=1S/C12H19FN2O2S/c1-8-7-9(13)5-6-10(8)11(15-14)12(2,3)18(4,16)17/h5-7,11,15H,14H2,1-4H3. The fourth-order valence-electron chi connectivity index (χ4n) is 1.84. The summed E-state index contributed by atoms with van der Waals surface area (Å²) in [6.07, 6.45) is 1.16. The zero-order valence-corrected chi connectivity index (χ0v) is 11.8. The first-order valence-electron chi connectivity index (χ1n) is 5.53. The van der Waals surface area contributed by atoms with Crippen LogP contribution in [0.25, 0.3) is 0 Å². The number of aryl methyl sites for hydroxylation is 1. The maximum Gasteiger partial charge on any atom is 0.154 e. The van der Waals surface area contributed by atoms with Crippen LogP contribution < -0.4 is 11.3 Å². The van der Waals surface area contributed by atoms with E-state index < -0.39 is 20.6 Å². The molecule has 0 aliphatic heterocycles. The van der Waals surface area contributed by atoms with Gasteiger partial charge in [-0.25, -0.2) is 12.8 Å². The van der Waals surface area contributed by atoms with E-state index in [0.29, 0.717) is 11.1 Å². The van der Waals surface area contributed by atoms with Crippen LogP contribution in [0.2, 0.25) is 0 Å². The van der Waals surface area contributed by atoms with Crippen LogP contribution in [-0.4, -0.2) is 19.4 Å². The molecule has 0 aliphatic rings. The minimum Gasteiger partial charge on any atom is -0.271 e. The van der Waals surface area contributed by atoms with Crippen LogP contribution in [0.5, 0.6) is 0 Å². The quantitative estimate of drug-likeness (QED) is 0.644. The number of halogens is 1. The van der Waals surface area contributed by atoms with E-state index in [2.05, 4.69) is 5.43 Å². The number of rotatable bonds is 4. The van der Waals surface area contributed by atoms with Gasteiger partial charge in [-0.15, -0.1) is 0 Å². The van der Waals surface area contributed by atoms with Gasteiger partial charge in [0.2, 0.25) is 0 Å². The Labute approximate surface area is 107 Å². The Balaban J connectivity index is 3.35. The van der Waals surface area contributed by atoms with Gasteiger partial charge >= 0.3 is 0 Å². The Morgan fingerprint density at radius 3 is 2.33 bits per heavy atom. The first-order chi connectivity index (χ1) is 8.11. The summed E-state index contributed by atoms with van der Waals surface area (Å²) in [6.45, 7) is 4.91. The number of nitrogens with one attached hydrogen (secondary N) is 1. The van der Waals surface area contributed by atoms with Gasteiger partial charge in [0.1, 0.15) is 5.82 Å². The van der Waals surface area contributed by atoms with Crippen molar-refractivity contribution in [3.63, 3.8) is 0 Å². The molecule has 3 N–H and O–H groups in total. The minimum atomic E-state index is -3.32. The number of nitrogens with two attached hydrogens (primary N) is 1. The third-order valence-electron chi connectivity index (χ3n) is 3.36. The molecule has 6 heteroatoms. The highest BCUT2D eigenvalue weighted by atomic mass is 32.2. The van der Waals surface area contributed by atoms with Gasteiger partial charge in [-0.3, -0.25) is 11.3 Å². The molecular weight excluding hydrogens is 255 g/mol. The van der Waals surface area contributed by atoms with E-state index in [1.54, 1.807) is 26.8 Å². The summed E-state index contributed by atoms with van der Waals surface area (Å²) in [6, 6.07) is 3.61. The molecule has 1 aromatic carbocycles. The molecule has 102 valence electrons. The highest BCUT2D eigenvalue weighted by Gasteiger charge is 2.40. The van der Waals surface area contributed by atoms with E-state index >= 15 is 0 Å². The van der Waals surface area contributed by atoms with Gasteiger partial charge in [0.05, 0.1) is 10.8 Å². The van der Waals surface area contributed by atoms with Crippen molar-refractivity contribution in [2.45, 2.75) is 31.6 Å². The van der Waals surface area contributed by atoms with Crippen LogP contribution in [0.3, 0.4) is 0 Å². The molecule has 1 atom stereocenters. The molecule has 0 spiro atoms. The van der Waals surface area contributed by atoms with E-state index in [0.717, 1.165) is 6.26 Å². The molecule has 0 heterocycles. The average Bonchev–Trinajstić information content (AvgIpc) is 2.20. The lowest BCUT2D eigenvalue weighted by Gasteiger charge is -2.33. The van der Waals surface area contributed by atoms with Gasteiger partial charge in [0, 0.05) is 6.26 Å². The first kappa shape index (κ1) is 15.1. The van der Waals surface area contributed by atoms with Gasteiger partial charge in [0.15, 0.2) is 9.84 Å². The summed E-state index contributed by atoms with van der Waals surface area (Å²) < 4.78 is 35.7. The maximum absolute atomic E-state index is 13.1. The Kier molecular flexibility index (Phi) is 4.15. The minimum absolute atomic E-state index is 0.357. The van der Waals surface area contributed by atoms with Crippen LogP contribution in [0, 0.1) is 12.7 Å². The van der Waals surface area contributed by atoms with Crippen molar-refractivity contribution in [3.8, 4) is 0 Å². The van der Waals surface area contributed by atoms with E-state index in [4.69, 9.17) is 5.84 Å². The molecule has 1 unspecified atom stereocenters. The molecule has 4 nitrogen and oxygen atoms in total. The molecule has 18 heavy (non-hydrogen) atoms. The third-order valence-corrected chi connectivity index (χ3v) is 5.51. The number of sulfone groups is 1. The van der Waals surface area contributed by atoms with E-state index in [1.807, 2.05) is 0 Å². The van der Waals surface area contributed by atoms with E-state index in [1.165, 1.54) is 12.1 Å². The van der Waals surface area contributed by atoms with Gasteiger partial charge in [0.25, 0.3) is 0 Å². The summed E-state index contributed by atoms with van der Waals surface area (Å²) in [7, 11) is -3.32. The van der Waals surface area contributed by atoms with Crippen LogP contribution in [-0.2, 0) is 9.84 Å². The summed E-state index contributed by atoms with van der Waals surface area (Å²) >= 11 is 0. The smallest absolute Gasteiger partial charge is 0.154 e. The highest BCUT2D eigenvalue weighted by Crippen LogP contribution is 2.33. The zero-order valence-electron chi connectivity index (χ0n) is 11.0. The Morgan fingerprint density at radius 2 is 1.94 bits per heavy atom. The molecule has 0 saturated carbocycles. The Hall–Kier alpha value is -0.980. The van der Waals surface area contributed by atoms with Crippen LogP contribution in [0.15, 0.2) is 18.2 Å². The molecule has 0 bridgehead atoms. The molecule has 1 rings (SSSR count). The van der Waals surface area contributed by atoms with Crippen molar-refractivity contribution in [2.24, 2.45) is 5.84 Å². The molecule has 1 aromatic rings. The largest absolute Gasteiger partial charge is 0.271 e. The first-order valence-corrected chi connectivity index (χ1v) is 7.42. The van der Waals surface area contributed by atoms with Gasteiger partial charge < -0.3 is 0 Å². The fraction of sp³-hybridized carbons (Fsp3) is 0.500. The topological polar surface area (TPSA) is 72.2 Å². The number of hydrazine groups is 1. The SMILES string of the molecule is Cc1cc(F)ccc1C(NN)C(C)(C)S(C)(=O)=O. The average molecular weight is 274 g/mol. The van der Waals surface area contributed by atoms with E-state index in [-0.39, 0.29) is 5.82 Å². The maximum atomic E-state index is 13.1. The summed E-state index contributed by atoms with van der Waals surface area (Å²) in [5.74, 6) is 5.13. The van der Waals surface area contributed by atoms with Crippen LogP contribution in [0.1, 0.15) is 31.0 Å². The second-order valence-electron chi connectivity index (χ2n) is 4.98. The van der Waals surface area contributed by atoms with Gasteiger partial charge in [-0.1, -0.05) is 6.07 Å². The number of benzene rings is 1. The monoisotopic (exact) mass is 274 g/mol. The predicted octanol–water partition coefficient (Wildman–Crippen LogP) is 1.46. The lowest BCUT2D eigenvalue weighted by Crippen LogP contribution is -2.47. The summed E-state index contributed by atoms with van der Waals surface area (Å²) in [5.41, 5.74) is 3.86. The van der Waals surface area contributed by atoms with Crippen molar-refractivity contribution in [3.05, 3.63) is 35.1 Å². The highest BCUT2D eigenvalue weighted by molar-refractivity contribution is 7.92. The molecule has 0 saturated heterocycles. The van der Waals surface area contributed by atoms with Crippen LogP contribution >= 0.6 is 0 Å². The van der Waals surface area contributed by atoms with Crippen LogP contribution in [0.4, 0.5) is 4.39 Å². The fourth-order valence-corrected chi connectivity index (χ4v) is 2.47. The van der Waals surface area contributed by atoms with Gasteiger partial charge in [-0.05, 0) is 44.0 Å². The molecule has 0 aromatic heterocycles. The molecule has 0 aliphatic carbocycles. The van der Waals surface area contributed by atoms with Crippen molar-refractivity contribution in [1.82, 2.24) is 5.43 Å². The zero-order chi connectivity index (χ0) is 14.1.